The predicted octanol–water partition coefficient (Wildman–Crippen LogP) is 3.84. The maximum absolute atomic E-state index is 13.5. The summed E-state index contributed by atoms with van der Waals surface area (Å²) in [5.74, 6) is -0.260. The Labute approximate surface area is 192 Å². The minimum absolute atomic E-state index is 0.312. The van der Waals surface area contributed by atoms with Gasteiger partial charge in [-0.15, -0.1) is 0 Å². The van der Waals surface area contributed by atoms with Crippen LogP contribution in [-0.2, 0) is 7.05 Å². The molecule has 5 aromatic heterocycles. The summed E-state index contributed by atoms with van der Waals surface area (Å²) in [6.07, 6.45) is 5.11. The summed E-state index contributed by atoms with van der Waals surface area (Å²) in [7, 11) is 1.70. The summed E-state index contributed by atoms with van der Waals surface area (Å²) in [4.78, 5) is 21.7. The topological polar surface area (TPSA) is 94.4 Å². The lowest BCUT2D eigenvalue weighted by atomic mass is 10.1. The van der Waals surface area contributed by atoms with Crippen molar-refractivity contribution in [2.24, 2.45) is 7.05 Å². The van der Waals surface area contributed by atoms with Crippen molar-refractivity contribution in [2.45, 2.75) is 0 Å². The van der Waals surface area contributed by atoms with Crippen LogP contribution in [0.5, 0.6) is 0 Å². The van der Waals surface area contributed by atoms with Gasteiger partial charge in [-0.1, -0.05) is 6.07 Å². The first-order chi connectivity index (χ1) is 16.6. The molecule has 1 amide bonds. The first kappa shape index (κ1) is 19.8. The van der Waals surface area contributed by atoms with E-state index in [1.165, 1.54) is 16.8 Å². The molecule has 0 unspecified atom stereocenters. The van der Waals surface area contributed by atoms with Crippen LogP contribution in [0.3, 0.4) is 0 Å². The van der Waals surface area contributed by atoms with Gasteiger partial charge >= 0.3 is 0 Å². The second kappa shape index (κ2) is 7.62. The number of aromatic nitrogens is 7. The molecule has 1 N–H and O–H groups in total. The van der Waals surface area contributed by atoms with Crippen LogP contribution in [0.4, 0.5) is 10.2 Å². The van der Waals surface area contributed by atoms with Gasteiger partial charge < -0.3 is 5.32 Å². The minimum atomic E-state index is -0.316. The third kappa shape index (κ3) is 3.28. The molecule has 9 nitrogen and oxygen atoms in total. The van der Waals surface area contributed by atoms with Gasteiger partial charge in [0.05, 0.1) is 11.9 Å². The van der Waals surface area contributed by atoms with Gasteiger partial charge in [0.2, 0.25) is 0 Å². The SMILES string of the molecule is Cn1nccc1C(=O)Nc1cn2nc(-c3c(-c4ccc(F)cc4)nc4ccccn34)ccc2n1. The molecule has 0 spiro atoms. The van der Waals surface area contributed by atoms with E-state index in [0.29, 0.717) is 28.5 Å². The number of amides is 1. The summed E-state index contributed by atoms with van der Waals surface area (Å²) < 4.78 is 18.6. The molecule has 0 bridgehead atoms. The second-order valence-electron chi connectivity index (χ2n) is 7.69. The van der Waals surface area contributed by atoms with E-state index < -0.39 is 0 Å². The van der Waals surface area contributed by atoms with Crippen molar-refractivity contribution >= 4 is 23.0 Å². The van der Waals surface area contributed by atoms with Crippen LogP contribution in [0, 0.1) is 5.82 Å². The molecule has 0 saturated carbocycles. The van der Waals surface area contributed by atoms with Crippen molar-refractivity contribution in [3.63, 3.8) is 0 Å². The van der Waals surface area contributed by atoms with Gasteiger partial charge in [0.15, 0.2) is 11.5 Å². The van der Waals surface area contributed by atoms with Crippen molar-refractivity contribution < 1.29 is 9.18 Å². The monoisotopic (exact) mass is 452 g/mol. The van der Waals surface area contributed by atoms with E-state index in [1.54, 1.807) is 42.2 Å². The average molecular weight is 452 g/mol. The molecular weight excluding hydrogens is 435 g/mol. The van der Waals surface area contributed by atoms with Crippen LogP contribution in [0.2, 0.25) is 0 Å². The Bertz CT molecular complexity index is 1680. The highest BCUT2D eigenvalue weighted by molar-refractivity contribution is 6.02. The number of nitrogens with one attached hydrogen (secondary N) is 1. The highest BCUT2D eigenvalue weighted by Crippen LogP contribution is 2.32. The van der Waals surface area contributed by atoms with Gasteiger partial charge in [0, 0.05) is 25.0 Å². The fourth-order valence-corrected chi connectivity index (χ4v) is 3.90. The molecule has 0 aliphatic rings. The van der Waals surface area contributed by atoms with Gasteiger partial charge in [0.1, 0.15) is 28.5 Å². The number of imidazole rings is 2. The normalized spacial score (nSPS) is 11.4. The summed E-state index contributed by atoms with van der Waals surface area (Å²) in [5.41, 5.74) is 4.60. The number of pyridine rings is 1. The summed E-state index contributed by atoms with van der Waals surface area (Å²) in [6, 6.07) is 17.2. The molecular formula is C24H17FN8O. The van der Waals surface area contributed by atoms with Crippen LogP contribution < -0.4 is 5.32 Å². The zero-order chi connectivity index (χ0) is 23.2. The van der Waals surface area contributed by atoms with E-state index in [0.717, 1.165) is 16.9 Å². The molecule has 0 fully saturated rings. The Morgan fingerprint density at radius 1 is 0.971 bits per heavy atom. The third-order valence-corrected chi connectivity index (χ3v) is 5.51. The molecule has 34 heavy (non-hydrogen) atoms. The van der Waals surface area contributed by atoms with Gasteiger partial charge in [-0.2, -0.15) is 10.2 Å². The highest BCUT2D eigenvalue weighted by Gasteiger charge is 2.18. The molecule has 0 radical (unpaired) electrons. The lowest BCUT2D eigenvalue weighted by Crippen LogP contribution is -2.16. The summed E-state index contributed by atoms with van der Waals surface area (Å²) in [6.45, 7) is 0. The average Bonchev–Trinajstić information content (AvgIpc) is 3.54. The minimum Gasteiger partial charge on any atom is -0.304 e. The third-order valence-electron chi connectivity index (χ3n) is 5.51. The van der Waals surface area contributed by atoms with E-state index in [4.69, 9.17) is 10.1 Å². The van der Waals surface area contributed by atoms with Crippen molar-refractivity contribution in [1.29, 1.82) is 0 Å². The molecule has 6 aromatic rings. The van der Waals surface area contributed by atoms with E-state index in [-0.39, 0.29) is 11.7 Å². The van der Waals surface area contributed by atoms with Crippen molar-refractivity contribution in [3.05, 3.63) is 90.8 Å². The van der Waals surface area contributed by atoms with Crippen LogP contribution >= 0.6 is 0 Å². The number of fused-ring (bicyclic) bond motifs is 2. The standard InChI is InChI=1S/C24H17FN8O/c1-31-18(11-12-26-31)24(34)28-19-14-33-21(27-19)10-9-17(30-33)23-22(15-5-7-16(25)8-6-15)29-20-4-2-3-13-32(20)23/h2-14H,1H3,(H,28,34). The number of aryl methyl sites for hydroxylation is 1. The van der Waals surface area contributed by atoms with E-state index in [9.17, 15) is 9.18 Å². The Hall–Kier alpha value is -4.86. The molecule has 10 heteroatoms. The lowest BCUT2D eigenvalue weighted by molar-refractivity contribution is 0.101. The maximum Gasteiger partial charge on any atom is 0.275 e. The molecule has 5 heterocycles. The first-order valence-corrected chi connectivity index (χ1v) is 10.5. The predicted molar refractivity (Wildman–Crippen MR) is 124 cm³/mol. The van der Waals surface area contributed by atoms with Crippen LogP contribution in [-0.4, -0.2) is 39.7 Å². The fourth-order valence-electron chi connectivity index (χ4n) is 3.90. The first-order valence-electron chi connectivity index (χ1n) is 10.5. The summed E-state index contributed by atoms with van der Waals surface area (Å²) in [5, 5.41) is 11.5. The number of nitrogens with zero attached hydrogens (tertiary/aromatic N) is 7. The van der Waals surface area contributed by atoms with Gasteiger partial charge in [-0.25, -0.2) is 18.9 Å². The quantitative estimate of drug-likeness (QED) is 0.439. The number of hydrogen-bond donors (Lipinski definition) is 1. The van der Waals surface area contributed by atoms with E-state index in [1.807, 2.05) is 40.9 Å². The molecule has 0 aliphatic heterocycles. The zero-order valence-corrected chi connectivity index (χ0v) is 17.9. The Morgan fingerprint density at radius 3 is 2.62 bits per heavy atom. The van der Waals surface area contributed by atoms with Crippen LogP contribution in [0.25, 0.3) is 33.9 Å². The highest BCUT2D eigenvalue weighted by atomic mass is 19.1. The Kier molecular flexibility index (Phi) is 4.44. The zero-order valence-electron chi connectivity index (χ0n) is 17.9. The van der Waals surface area contributed by atoms with Gasteiger partial charge in [-0.3, -0.25) is 13.9 Å². The fraction of sp³-hybridized carbons (Fsp3) is 0.0417. The molecule has 0 aliphatic carbocycles. The molecule has 0 saturated heterocycles. The van der Waals surface area contributed by atoms with Crippen LogP contribution in [0.1, 0.15) is 10.5 Å². The van der Waals surface area contributed by atoms with E-state index in [2.05, 4.69) is 15.4 Å². The molecule has 166 valence electrons. The van der Waals surface area contributed by atoms with Gasteiger partial charge in [-0.05, 0) is 54.6 Å². The number of anilines is 1. The van der Waals surface area contributed by atoms with Crippen molar-refractivity contribution in [1.82, 2.24) is 33.8 Å². The summed E-state index contributed by atoms with van der Waals surface area (Å²) >= 11 is 0. The lowest BCUT2D eigenvalue weighted by Gasteiger charge is -2.05. The van der Waals surface area contributed by atoms with Crippen molar-refractivity contribution in [3.8, 4) is 22.6 Å². The smallest absolute Gasteiger partial charge is 0.275 e. The Balaban J connectivity index is 1.44. The number of carbonyl (C=O) groups excluding carboxylic acids is 1. The number of carbonyl (C=O) groups is 1. The molecule has 0 atom stereocenters. The second-order valence-corrected chi connectivity index (χ2v) is 7.69. The number of rotatable bonds is 4. The maximum atomic E-state index is 13.5. The number of benzene rings is 1. The van der Waals surface area contributed by atoms with E-state index >= 15 is 0 Å². The molecule has 1 aromatic carbocycles. The molecule has 6 rings (SSSR count). The van der Waals surface area contributed by atoms with Crippen LogP contribution in [0.15, 0.2) is 79.3 Å². The largest absolute Gasteiger partial charge is 0.304 e. The number of hydrogen-bond acceptors (Lipinski definition) is 5. The Morgan fingerprint density at radius 2 is 1.82 bits per heavy atom. The number of halogens is 1. The van der Waals surface area contributed by atoms with Crippen molar-refractivity contribution in [2.75, 3.05) is 5.32 Å². The van der Waals surface area contributed by atoms with Gasteiger partial charge in [0.25, 0.3) is 5.91 Å².